The fourth-order valence-electron chi connectivity index (χ4n) is 1.44. The van der Waals surface area contributed by atoms with Gasteiger partial charge in [-0.1, -0.05) is 13.8 Å². The van der Waals surface area contributed by atoms with Crippen LogP contribution in [0.4, 0.5) is 0 Å². The second-order valence-electron chi connectivity index (χ2n) is 4.70. The lowest BCUT2D eigenvalue weighted by molar-refractivity contribution is -0.140. The first-order chi connectivity index (χ1) is 7.91. The van der Waals surface area contributed by atoms with E-state index in [1.807, 2.05) is 13.8 Å². The summed E-state index contributed by atoms with van der Waals surface area (Å²) in [6.45, 7) is 4.42. The van der Waals surface area contributed by atoms with Crippen LogP contribution in [0.2, 0.25) is 0 Å². The van der Waals surface area contributed by atoms with Crippen LogP contribution in [-0.4, -0.2) is 36.0 Å². The van der Waals surface area contributed by atoms with Gasteiger partial charge in [-0.05, 0) is 12.3 Å². The van der Waals surface area contributed by atoms with Crippen molar-refractivity contribution in [2.75, 3.05) is 13.1 Å². The molecule has 96 valence electrons. The van der Waals surface area contributed by atoms with E-state index < -0.39 is 17.8 Å². The topological polar surface area (TPSA) is 95.5 Å². The minimum absolute atomic E-state index is 0.0889. The first kappa shape index (κ1) is 13.5. The Kier molecular flexibility index (Phi) is 4.48. The van der Waals surface area contributed by atoms with E-state index in [4.69, 9.17) is 5.11 Å². The molecule has 0 unspecified atom stereocenters. The Morgan fingerprint density at radius 1 is 1.24 bits per heavy atom. The lowest BCUT2D eigenvalue weighted by Crippen LogP contribution is -2.39. The van der Waals surface area contributed by atoms with Crippen molar-refractivity contribution >= 4 is 17.8 Å². The smallest absolute Gasteiger partial charge is 0.307 e. The van der Waals surface area contributed by atoms with E-state index in [-0.39, 0.29) is 18.4 Å². The lowest BCUT2D eigenvalue weighted by atomic mass is 10.2. The lowest BCUT2D eigenvalue weighted by Gasteiger charge is -2.08. The molecule has 2 atom stereocenters. The molecule has 0 bridgehead atoms. The third-order valence-corrected chi connectivity index (χ3v) is 2.58. The molecule has 1 rings (SSSR count). The largest absolute Gasteiger partial charge is 0.481 e. The molecule has 0 aromatic rings. The molecule has 0 heterocycles. The molecule has 0 aromatic heterocycles. The number of hydrogen-bond acceptors (Lipinski definition) is 3. The van der Waals surface area contributed by atoms with Crippen LogP contribution in [0.5, 0.6) is 0 Å². The summed E-state index contributed by atoms with van der Waals surface area (Å²) >= 11 is 0. The van der Waals surface area contributed by atoms with Crippen molar-refractivity contribution in [3.05, 3.63) is 0 Å². The number of rotatable bonds is 6. The highest BCUT2D eigenvalue weighted by molar-refractivity contribution is 5.91. The van der Waals surface area contributed by atoms with E-state index in [1.54, 1.807) is 0 Å². The zero-order chi connectivity index (χ0) is 13.0. The fraction of sp³-hybridized carbons (Fsp3) is 0.727. The van der Waals surface area contributed by atoms with Crippen LogP contribution in [0.1, 0.15) is 20.3 Å². The molecular weight excluding hydrogens is 224 g/mol. The van der Waals surface area contributed by atoms with Gasteiger partial charge in [0.1, 0.15) is 0 Å². The van der Waals surface area contributed by atoms with Gasteiger partial charge in [0.2, 0.25) is 11.8 Å². The number of amides is 2. The predicted molar refractivity (Wildman–Crippen MR) is 60.1 cm³/mol. The predicted octanol–water partition coefficient (Wildman–Crippen LogP) is -0.404. The minimum Gasteiger partial charge on any atom is -0.481 e. The summed E-state index contributed by atoms with van der Waals surface area (Å²) in [5.74, 6) is -2.24. The van der Waals surface area contributed by atoms with Gasteiger partial charge in [-0.2, -0.15) is 0 Å². The minimum atomic E-state index is -0.950. The molecule has 3 N–H and O–H groups in total. The number of carboxylic acid groups (broad SMARTS) is 1. The Labute approximate surface area is 99.8 Å². The summed E-state index contributed by atoms with van der Waals surface area (Å²) in [4.78, 5) is 33.2. The molecule has 6 heteroatoms. The molecule has 0 radical (unpaired) electrons. The standard InChI is InChI=1S/C11H18N2O4/c1-6(2)4-12-9(14)5-13-10(15)7-3-8(7)11(16)17/h6-8H,3-5H2,1-2H3,(H,12,14)(H,13,15)(H,16,17)/t7-,8+/m1/s1. The van der Waals surface area contributed by atoms with Gasteiger partial charge < -0.3 is 15.7 Å². The summed E-state index contributed by atoms with van der Waals surface area (Å²) < 4.78 is 0. The first-order valence-corrected chi connectivity index (χ1v) is 5.69. The molecule has 1 aliphatic rings. The molecule has 17 heavy (non-hydrogen) atoms. The van der Waals surface area contributed by atoms with E-state index >= 15 is 0 Å². The van der Waals surface area contributed by atoms with Gasteiger partial charge in [0.15, 0.2) is 0 Å². The summed E-state index contributed by atoms with van der Waals surface area (Å²) in [6, 6.07) is 0. The Hall–Kier alpha value is -1.59. The number of carbonyl (C=O) groups excluding carboxylic acids is 2. The van der Waals surface area contributed by atoms with Crippen molar-refractivity contribution in [3.63, 3.8) is 0 Å². The first-order valence-electron chi connectivity index (χ1n) is 5.69. The molecule has 1 aliphatic carbocycles. The van der Waals surface area contributed by atoms with E-state index in [1.165, 1.54) is 0 Å². The SMILES string of the molecule is CC(C)CNC(=O)CNC(=O)[C@@H]1C[C@@H]1C(=O)O. The van der Waals surface area contributed by atoms with E-state index in [0.717, 1.165) is 0 Å². The molecule has 2 amide bonds. The molecule has 1 fully saturated rings. The number of nitrogens with one attached hydrogen (secondary N) is 2. The molecule has 0 spiro atoms. The Morgan fingerprint density at radius 2 is 1.88 bits per heavy atom. The summed E-state index contributed by atoms with van der Waals surface area (Å²) in [6.07, 6.45) is 0.370. The molecule has 0 aromatic carbocycles. The third-order valence-electron chi connectivity index (χ3n) is 2.58. The Balaban J connectivity index is 2.17. The van der Waals surface area contributed by atoms with Crippen LogP contribution < -0.4 is 10.6 Å². The molecule has 0 saturated heterocycles. The normalized spacial score (nSPS) is 22.1. The van der Waals surface area contributed by atoms with E-state index in [9.17, 15) is 14.4 Å². The molecule has 0 aliphatic heterocycles. The summed E-state index contributed by atoms with van der Waals surface area (Å²) in [7, 11) is 0. The number of carboxylic acids is 1. The van der Waals surface area contributed by atoms with E-state index in [0.29, 0.717) is 18.9 Å². The zero-order valence-corrected chi connectivity index (χ0v) is 10.0. The maximum atomic E-state index is 11.4. The van der Waals surface area contributed by atoms with Crippen molar-refractivity contribution in [3.8, 4) is 0 Å². The monoisotopic (exact) mass is 242 g/mol. The van der Waals surface area contributed by atoms with Crippen molar-refractivity contribution in [1.82, 2.24) is 10.6 Å². The van der Waals surface area contributed by atoms with Crippen LogP contribution in [-0.2, 0) is 14.4 Å². The van der Waals surface area contributed by atoms with Crippen molar-refractivity contribution in [2.45, 2.75) is 20.3 Å². The van der Waals surface area contributed by atoms with Crippen LogP contribution in [0.15, 0.2) is 0 Å². The van der Waals surface area contributed by atoms with Crippen molar-refractivity contribution < 1.29 is 19.5 Å². The highest BCUT2D eigenvalue weighted by Crippen LogP contribution is 2.38. The number of aliphatic carboxylic acids is 1. The van der Waals surface area contributed by atoms with Gasteiger partial charge in [-0.25, -0.2) is 0 Å². The van der Waals surface area contributed by atoms with Gasteiger partial charge in [0.25, 0.3) is 0 Å². The summed E-state index contributed by atoms with van der Waals surface area (Å²) in [5.41, 5.74) is 0. The maximum absolute atomic E-state index is 11.4. The third kappa shape index (κ3) is 4.42. The summed E-state index contributed by atoms with van der Waals surface area (Å²) in [5, 5.41) is 13.7. The average molecular weight is 242 g/mol. The van der Waals surface area contributed by atoms with Gasteiger partial charge in [0.05, 0.1) is 18.4 Å². The zero-order valence-electron chi connectivity index (χ0n) is 10.0. The van der Waals surface area contributed by atoms with Gasteiger partial charge in [-0.3, -0.25) is 14.4 Å². The van der Waals surface area contributed by atoms with Crippen molar-refractivity contribution in [2.24, 2.45) is 17.8 Å². The van der Waals surface area contributed by atoms with Crippen LogP contribution in [0.3, 0.4) is 0 Å². The second-order valence-corrected chi connectivity index (χ2v) is 4.70. The van der Waals surface area contributed by atoms with Crippen LogP contribution in [0.25, 0.3) is 0 Å². The molecular formula is C11H18N2O4. The average Bonchev–Trinajstić information content (AvgIpc) is 3.02. The van der Waals surface area contributed by atoms with Crippen LogP contribution in [0, 0.1) is 17.8 Å². The Morgan fingerprint density at radius 3 is 2.35 bits per heavy atom. The molecule has 1 saturated carbocycles. The van der Waals surface area contributed by atoms with Gasteiger partial charge in [0, 0.05) is 6.54 Å². The second kappa shape index (κ2) is 5.65. The Bertz CT molecular complexity index is 327. The van der Waals surface area contributed by atoms with Crippen molar-refractivity contribution in [1.29, 1.82) is 0 Å². The highest BCUT2D eigenvalue weighted by Gasteiger charge is 2.48. The van der Waals surface area contributed by atoms with Gasteiger partial charge in [-0.15, -0.1) is 0 Å². The van der Waals surface area contributed by atoms with E-state index in [2.05, 4.69) is 10.6 Å². The molecule has 6 nitrogen and oxygen atoms in total. The number of hydrogen-bond donors (Lipinski definition) is 3. The van der Waals surface area contributed by atoms with Gasteiger partial charge >= 0.3 is 5.97 Å². The highest BCUT2D eigenvalue weighted by atomic mass is 16.4. The number of carbonyl (C=O) groups is 3. The van der Waals surface area contributed by atoms with Crippen LogP contribution >= 0.6 is 0 Å². The maximum Gasteiger partial charge on any atom is 0.307 e. The quantitative estimate of drug-likeness (QED) is 0.590. The fourth-order valence-corrected chi connectivity index (χ4v) is 1.44.